The van der Waals surface area contributed by atoms with Gasteiger partial charge in [0.25, 0.3) is 0 Å². The van der Waals surface area contributed by atoms with Crippen molar-refractivity contribution >= 4 is 21.9 Å². The van der Waals surface area contributed by atoms with Crippen molar-refractivity contribution in [3.8, 4) is 0 Å². The molecule has 0 spiro atoms. The zero-order valence-corrected chi connectivity index (χ0v) is 7.75. The van der Waals surface area contributed by atoms with Gasteiger partial charge in [0.2, 0.25) is 5.82 Å². The molecule has 0 fully saturated rings. The highest BCUT2D eigenvalue weighted by molar-refractivity contribution is 9.10. The van der Waals surface area contributed by atoms with Gasteiger partial charge in [0.15, 0.2) is 0 Å². The van der Waals surface area contributed by atoms with Gasteiger partial charge < -0.3 is 9.30 Å². The average molecular weight is 219 g/mol. The van der Waals surface area contributed by atoms with Gasteiger partial charge in [-0.3, -0.25) is 0 Å². The van der Waals surface area contributed by atoms with Gasteiger partial charge in [0.1, 0.15) is 4.60 Å². The van der Waals surface area contributed by atoms with E-state index in [0.717, 1.165) is 4.60 Å². The predicted octanol–water partition coefficient (Wildman–Crippen LogP) is 0.969. The summed E-state index contributed by atoms with van der Waals surface area (Å²) in [5.41, 5.74) is 0. The van der Waals surface area contributed by atoms with E-state index in [0.29, 0.717) is 5.82 Å². The lowest BCUT2D eigenvalue weighted by Gasteiger charge is -1.98. The molecule has 11 heavy (non-hydrogen) atoms. The molecule has 0 atom stereocenters. The number of hydrogen-bond acceptors (Lipinski definition) is 3. The minimum atomic E-state index is -0.432. The van der Waals surface area contributed by atoms with Crippen molar-refractivity contribution in [2.24, 2.45) is 7.05 Å². The molecule has 0 saturated carbocycles. The lowest BCUT2D eigenvalue weighted by Crippen LogP contribution is -2.08. The Bertz CT molecular complexity index is 282. The maximum atomic E-state index is 10.9. The first-order chi connectivity index (χ1) is 5.16. The first-order valence-corrected chi connectivity index (χ1v) is 3.71. The molecule has 0 N–H and O–H groups in total. The SMILES string of the molecule is COC(=O)c1ncc(Br)n1C. The molecule has 0 aliphatic rings. The zero-order valence-electron chi connectivity index (χ0n) is 6.17. The van der Waals surface area contributed by atoms with Gasteiger partial charge in [-0.05, 0) is 15.9 Å². The second-order valence-electron chi connectivity index (χ2n) is 1.96. The summed E-state index contributed by atoms with van der Waals surface area (Å²) in [6, 6.07) is 0. The molecule has 1 aromatic heterocycles. The Morgan fingerprint density at radius 3 is 2.82 bits per heavy atom. The normalized spacial score (nSPS) is 9.73. The van der Waals surface area contributed by atoms with Crippen LogP contribution < -0.4 is 0 Å². The summed E-state index contributed by atoms with van der Waals surface area (Å²) in [6.07, 6.45) is 1.55. The lowest BCUT2D eigenvalue weighted by atomic mass is 10.6. The smallest absolute Gasteiger partial charge is 0.374 e. The second-order valence-corrected chi connectivity index (χ2v) is 2.77. The van der Waals surface area contributed by atoms with Crippen LogP contribution in [-0.2, 0) is 11.8 Å². The first-order valence-electron chi connectivity index (χ1n) is 2.92. The number of hydrogen-bond donors (Lipinski definition) is 0. The van der Waals surface area contributed by atoms with Crippen LogP contribution in [-0.4, -0.2) is 22.6 Å². The van der Waals surface area contributed by atoms with Crippen LogP contribution in [0.3, 0.4) is 0 Å². The molecule has 0 aliphatic carbocycles. The molecule has 0 radical (unpaired) electrons. The highest BCUT2D eigenvalue weighted by Crippen LogP contribution is 2.10. The maximum absolute atomic E-state index is 10.9. The number of halogens is 1. The fourth-order valence-electron chi connectivity index (χ4n) is 0.670. The van der Waals surface area contributed by atoms with Crippen molar-refractivity contribution in [2.75, 3.05) is 7.11 Å². The molecule has 0 unspecified atom stereocenters. The van der Waals surface area contributed by atoms with Crippen LogP contribution in [0.25, 0.3) is 0 Å². The largest absolute Gasteiger partial charge is 0.463 e. The molecule has 5 heteroatoms. The lowest BCUT2D eigenvalue weighted by molar-refractivity contribution is 0.0582. The fraction of sp³-hybridized carbons (Fsp3) is 0.333. The molecule has 0 saturated heterocycles. The number of carbonyl (C=O) groups is 1. The third kappa shape index (κ3) is 1.42. The second kappa shape index (κ2) is 3.04. The number of rotatable bonds is 1. The number of methoxy groups -OCH3 is 1. The molecule has 60 valence electrons. The number of nitrogens with zero attached hydrogens (tertiary/aromatic N) is 2. The fourth-order valence-corrected chi connectivity index (χ4v) is 0.940. The van der Waals surface area contributed by atoms with E-state index in [1.807, 2.05) is 0 Å². The van der Waals surface area contributed by atoms with Crippen LogP contribution in [0.1, 0.15) is 10.6 Å². The standard InChI is InChI=1S/C6H7BrN2O2/c1-9-4(7)3-8-5(9)6(10)11-2/h3H,1-2H3. The molecular weight excluding hydrogens is 212 g/mol. The number of ether oxygens (including phenoxy) is 1. The predicted molar refractivity (Wildman–Crippen MR) is 42.2 cm³/mol. The molecular formula is C6H7BrN2O2. The number of esters is 1. The molecule has 0 aliphatic heterocycles. The summed E-state index contributed by atoms with van der Waals surface area (Å²) in [5.74, 6) is -0.141. The summed E-state index contributed by atoms with van der Waals surface area (Å²) < 4.78 is 6.84. The Balaban J connectivity index is 3.04. The third-order valence-corrected chi connectivity index (χ3v) is 2.04. The highest BCUT2D eigenvalue weighted by atomic mass is 79.9. The topological polar surface area (TPSA) is 44.1 Å². The minimum Gasteiger partial charge on any atom is -0.463 e. The van der Waals surface area contributed by atoms with E-state index in [1.165, 1.54) is 7.11 Å². The van der Waals surface area contributed by atoms with Crippen molar-refractivity contribution in [3.63, 3.8) is 0 Å². The van der Waals surface area contributed by atoms with Crippen LogP contribution in [0.15, 0.2) is 10.8 Å². The van der Waals surface area contributed by atoms with Gasteiger partial charge in [0, 0.05) is 7.05 Å². The van der Waals surface area contributed by atoms with Gasteiger partial charge in [-0.15, -0.1) is 0 Å². The Labute approximate surface area is 72.3 Å². The van der Waals surface area contributed by atoms with Crippen LogP contribution in [0.5, 0.6) is 0 Å². The van der Waals surface area contributed by atoms with Crippen molar-refractivity contribution < 1.29 is 9.53 Å². The van der Waals surface area contributed by atoms with Gasteiger partial charge in [-0.25, -0.2) is 9.78 Å². The Hall–Kier alpha value is -0.840. The summed E-state index contributed by atoms with van der Waals surface area (Å²) in [4.78, 5) is 14.7. The van der Waals surface area contributed by atoms with Crippen molar-refractivity contribution in [1.82, 2.24) is 9.55 Å². The average Bonchev–Trinajstić information content (AvgIpc) is 2.32. The van der Waals surface area contributed by atoms with Gasteiger partial charge in [0.05, 0.1) is 13.3 Å². The van der Waals surface area contributed by atoms with Crippen LogP contribution >= 0.6 is 15.9 Å². The van der Waals surface area contributed by atoms with E-state index < -0.39 is 5.97 Å². The Morgan fingerprint density at radius 1 is 1.82 bits per heavy atom. The monoisotopic (exact) mass is 218 g/mol. The van der Waals surface area contributed by atoms with Crippen LogP contribution in [0.2, 0.25) is 0 Å². The molecule has 0 bridgehead atoms. The first kappa shape index (κ1) is 8.26. The summed E-state index contributed by atoms with van der Waals surface area (Å²) in [5, 5.41) is 0. The van der Waals surface area contributed by atoms with E-state index >= 15 is 0 Å². The molecule has 1 heterocycles. The Kier molecular flexibility index (Phi) is 2.28. The maximum Gasteiger partial charge on any atom is 0.374 e. The zero-order chi connectivity index (χ0) is 8.43. The Morgan fingerprint density at radius 2 is 2.45 bits per heavy atom. The van der Waals surface area contributed by atoms with Crippen molar-refractivity contribution in [1.29, 1.82) is 0 Å². The van der Waals surface area contributed by atoms with Crippen molar-refractivity contribution in [3.05, 3.63) is 16.6 Å². The minimum absolute atomic E-state index is 0.291. The number of imidazole rings is 1. The van der Waals surface area contributed by atoms with Gasteiger partial charge >= 0.3 is 5.97 Å². The molecule has 0 amide bonds. The van der Waals surface area contributed by atoms with Crippen LogP contribution in [0.4, 0.5) is 0 Å². The summed E-state index contributed by atoms with van der Waals surface area (Å²) >= 11 is 3.21. The van der Waals surface area contributed by atoms with E-state index in [-0.39, 0.29) is 0 Å². The quantitative estimate of drug-likeness (QED) is 0.661. The highest BCUT2D eigenvalue weighted by Gasteiger charge is 2.12. The van der Waals surface area contributed by atoms with E-state index in [1.54, 1.807) is 17.8 Å². The third-order valence-electron chi connectivity index (χ3n) is 1.30. The molecule has 1 rings (SSSR count). The molecule has 0 aromatic carbocycles. The summed E-state index contributed by atoms with van der Waals surface area (Å²) in [6.45, 7) is 0. The van der Waals surface area contributed by atoms with Crippen molar-refractivity contribution in [2.45, 2.75) is 0 Å². The van der Waals surface area contributed by atoms with E-state index in [4.69, 9.17) is 0 Å². The number of aromatic nitrogens is 2. The van der Waals surface area contributed by atoms with E-state index in [2.05, 4.69) is 25.7 Å². The molecule has 4 nitrogen and oxygen atoms in total. The number of carbonyl (C=O) groups excluding carboxylic acids is 1. The van der Waals surface area contributed by atoms with Gasteiger partial charge in [-0.1, -0.05) is 0 Å². The van der Waals surface area contributed by atoms with E-state index in [9.17, 15) is 4.79 Å². The van der Waals surface area contributed by atoms with Crippen LogP contribution in [0, 0.1) is 0 Å². The molecule has 1 aromatic rings. The summed E-state index contributed by atoms with van der Waals surface area (Å²) in [7, 11) is 3.05. The van der Waals surface area contributed by atoms with Gasteiger partial charge in [-0.2, -0.15) is 0 Å².